The lowest BCUT2D eigenvalue weighted by Gasteiger charge is -2.12. The minimum atomic E-state index is -3.47. The van der Waals surface area contributed by atoms with Gasteiger partial charge < -0.3 is 10.1 Å². The molecule has 0 aliphatic heterocycles. The fraction of sp³-hybridized carbons (Fsp3) is 0.133. The van der Waals surface area contributed by atoms with Gasteiger partial charge in [-0.05, 0) is 30.3 Å². The monoisotopic (exact) mass is 416 g/mol. The van der Waals surface area contributed by atoms with Gasteiger partial charge in [0, 0.05) is 16.2 Å². The van der Waals surface area contributed by atoms with Gasteiger partial charge in [0.1, 0.15) is 11.6 Å². The average molecular weight is 417 g/mol. The first-order valence-electron chi connectivity index (χ1n) is 6.62. The van der Waals surface area contributed by atoms with Gasteiger partial charge in [0.05, 0.1) is 24.6 Å². The molecule has 0 atom stereocenters. The van der Waals surface area contributed by atoms with Crippen LogP contribution < -0.4 is 14.8 Å². The van der Waals surface area contributed by atoms with Gasteiger partial charge in [-0.3, -0.25) is 9.52 Å². The van der Waals surface area contributed by atoms with Crippen LogP contribution in [0.5, 0.6) is 5.75 Å². The van der Waals surface area contributed by atoms with Crippen LogP contribution in [0.3, 0.4) is 0 Å². The van der Waals surface area contributed by atoms with E-state index in [4.69, 9.17) is 4.74 Å². The molecular formula is C15H14BrFN2O4S. The van der Waals surface area contributed by atoms with Gasteiger partial charge in [0.2, 0.25) is 10.0 Å². The Morgan fingerprint density at radius 3 is 2.50 bits per heavy atom. The van der Waals surface area contributed by atoms with Gasteiger partial charge in [-0.15, -0.1) is 0 Å². The fourth-order valence-corrected chi connectivity index (χ4v) is 2.83. The molecule has 0 saturated heterocycles. The third-order valence-electron chi connectivity index (χ3n) is 2.93. The summed E-state index contributed by atoms with van der Waals surface area (Å²) in [4.78, 5) is 12.1. The van der Waals surface area contributed by atoms with Crippen LogP contribution in [0.2, 0.25) is 0 Å². The molecular weight excluding hydrogens is 403 g/mol. The van der Waals surface area contributed by atoms with Crippen molar-refractivity contribution >= 4 is 43.2 Å². The number of nitrogens with one attached hydrogen (secondary N) is 2. The largest absolute Gasteiger partial charge is 0.494 e. The minimum absolute atomic E-state index is 0.115. The van der Waals surface area contributed by atoms with Crippen LogP contribution in [0.25, 0.3) is 0 Å². The van der Waals surface area contributed by atoms with Gasteiger partial charge in [0.15, 0.2) is 0 Å². The lowest BCUT2D eigenvalue weighted by Crippen LogP contribution is -2.14. The highest BCUT2D eigenvalue weighted by atomic mass is 79.9. The Labute approximate surface area is 147 Å². The van der Waals surface area contributed by atoms with Crippen molar-refractivity contribution in [3.8, 4) is 5.75 Å². The molecule has 0 spiro atoms. The normalized spacial score (nSPS) is 11.0. The number of benzene rings is 2. The molecule has 0 bridgehead atoms. The van der Waals surface area contributed by atoms with Crippen molar-refractivity contribution in [3.63, 3.8) is 0 Å². The second-order valence-electron chi connectivity index (χ2n) is 4.87. The molecule has 0 heterocycles. The first-order chi connectivity index (χ1) is 11.2. The molecule has 0 saturated carbocycles. The summed E-state index contributed by atoms with van der Waals surface area (Å²) in [6, 6.07) is 8.44. The number of methoxy groups -OCH3 is 1. The van der Waals surface area contributed by atoms with Crippen LogP contribution in [0, 0.1) is 5.82 Å². The molecule has 2 aromatic carbocycles. The molecule has 24 heavy (non-hydrogen) atoms. The summed E-state index contributed by atoms with van der Waals surface area (Å²) >= 11 is 3.12. The summed E-state index contributed by atoms with van der Waals surface area (Å²) in [6.45, 7) is 0. The SMILES string of the molecule is COc1cc(NC(=O)c2ccc(Br)cc2F)ccc1NS(C)(=O)=O. The van der Waals surface area contributed by atoms with E-state index in [0.717, 1.165) is 6.26 Å². The Morgan fingerprint density at radius 2 is 1.92 bits per heavy atom. The second kappa shape index (κ2) is 7.18. The molecule has 9 heteroatoms. The van der Waals surface area contributed by atoms with Crippen LogP contribution in [0.1, 0.15) is 10.4 Å². The van der Waals surface area contributed by atoms with Crippen LogP contribution in [0.4, 0.5) is 15.8 Å². The number of hydrogen-bond acceptors (Lipinski definition) is 4. The molecule has 1 amide bonds. The molecule has 0 unspecified atom stereocenters. The van der Waals surface area contributed by atoms with E-state index >= 15 is 0 Å². The molecule has 0 aliphatic carbocycles. The van der Waals surface area contributed by atoms with Crippen LogP contribution >= 0.6 is 15.9 Å². The third-order valence-corrected chi connectivity index (χ3v) is 4.01. The first kappa shape index (κ1) is 18.2. The third kappa shape index (κ3) is 4.68. The van der Waals surface area contributed by atoms with Crippen molar-refractivity contribution < 1.29 is 22.3 Å². The predicted molar refractivity (Wildman–Crippen MR) is 93.5 cm³/mol. The number of carbonyl (C=O) groups is 1. The zero-order chi connectivity index (χ0) is 17.9. The summed E-state index contributed by atoms with van der Waals surface area (Å²) in [5.74, 6) is -1.08. The topological polar surface area (TPSA) is 84.5 Å². The second-order valence-corrected chi connectivity index (χ2v) is 7.53. The lowest BCUT2D eigenvalue weighted by atomic mass is 10.2. The smallest absolute Gasteiger partial charge is 0.258 e. The number of hydrogen-bond donors (Lipinski definition) is 2. The molecule has 128 valence electrons. The summed E-state index contributed by atoms with van der Waals surface area (Å²) in [5, 5.41) is 2.53. The molecule has 0 fully saturated rings. The van der Waals surface area contributed by atoms with E-state index in [1.807, 2.05) is 0 Å². The standard InChI is InChI=1S/C15H14BrFN2O4S/c1-23-14-8-10(4-6-13(14)19-24(2,21)22)18-15(20)11-5-3-9(16)7-12(11)17/h3-8,19H,1-2H3,(H,18,20). The molecule has 2 rings (SSSR count). The van der Waals surface area contributed by atoms with E-state index in [9.17, 15) is 17.6 Å². The predicted octanol–water partition coefficient (Wildman–Crippen LogP) is 3.22. The van der Waals surface area contributed by atoms with Crippen molar-refractivity contribution in [1.82, 2.24) is 0 Å². The quantitative estimate of drug-likeness (QED) is 0.783. The summed E-state index contributed by atoms with van der Waals surface area (Å²) < 4.78 is 44.3. The zero-order valence-corrected chi connectivity index (χ0v) is 15.2. The molecule has 2 N–H and O–H groups in total. The summed E-state index contributed by atoms with van der Waals surface area (Å²) in [5.41, 5.74) is 0.446. The highest BCUT2D eigenvalue weighted by Gasteiger charge is 2.14. The van der Waals surface area contributed by atoms with Gasteiger partial charge >= 0.3 is 0 Å². The summed E-state index contributed by atoms with van der Waals surface area (Å²) in [6.07, 6.45) is 1.01. The van der Waals surface area contributed by atoms with Crippen LogP contribution in [0.15, 0.2) is 40.9 Å². The highest BCUT2D eigenvalue weighted by molar-refractivity contribution is 9.10. The Hall–Kier alpha value is -2.13. The number of rotatable bonds is 5. The van der Waals surface area contributed by atoms with Crippen LogP contribution in [-0.2, 0) is 10.0 Å². The summed E-state index contributed by atoms with van der Waals surface area (Å²) in [7, 11) is -2.11. The molecule has 6 nitrogen and oxygen atoms in total. The van der Waals surface area contributed by atoms with Gasteiger partial charge in [0.25, 0.3) is 5.91 Å². The van der Waals surface area contributed by atoms with E-state index in [-0.39, 0.29) is 17.0 Å². The molecule has 0 radical (unpaired) electrons. The Balaban J connectivity index is 2.25. The average Bonchev–Trinajstić information content (AvgIpc) is 2.47. The Kier molecular flexibility index (Phi) is 5.45. The lowest BCUT2D eigenvalue weighted by molar-refractivity contribution is 0.102. The van der Waals surface area contributed by atoms with E-state index in [0.29, 0.717) is 10.2 Å². The first-order valence-corrected chi connectivity index (χ1v) is 9.30. The van der Waals surface area contributed by atoms with Gasteiger partial charge in [-0.2, -0.15) is 0 Å². The Morgan fingerprint density at radius 1 is 1.21 bits per heavy atom. The molecule has 0 aromatic heterocycles. The van der Waals surface area contributed by atoms with Crippen LogP contribution in [-0.4, -0.2) is 27.7 Å². The van der Waals surface area contributed by atoms with Crippen molar-refractivity contribution in [1.29, 1.82) is 0 Å². The number of halogens is 2. The van der Waals surface area contributed by atoms with Crippen molar-refractivity contribution in [3.05, 3.63) is 52.3 Å². The van der Waals surface area contributed by atoms with E-state index < -0.39 is 21.7 Å². The van der Waals surface area contributed by atoms with Gasteiger partial charge in [-0.25, -0.2) is 12.8 Å². The molecule has 2 aromatic rings. The van der Waals surface area contributed by atoms with E-state index in [1.165, 1.54) is 37.4 Å². The zero-order valence-electron chi connectivity index (χ0n) is 12.8. The highest BCUT2D eigenvalue weighted by Crippen LogP contribution is 2.29. The van der Waals surface area contributed by atoms with Crippen molar-refractivity contribution in [2.45, 2.75) is 0 Å². The maximum atomic E-state index is 13.8. The maximum Gasteiger partial charge on any atom is 0.258 e. The van der Waals surface area contributed by atoms with E-state index in [2.05, 4.69) is 26.0 Å². The number of amides is 1. The number of anilines is 2. The van der Waals surface area contributed by atoms with E-state index in [1.54, 1.807) is 6.07 Å². The van der Waals surface area contributed by atoms with Crippen molar-refractivity contribution in [2.24, 2.45) is 0 Å². The molecule has 0 aliphatic rings. The number of ether oxygens (including phenoxy) is 1. The van der Waals surface area contributed by atoms with Gasteiger partial charge in [-0.1, -0.05) is 15.9 Å². The fourth-order valence-electron chi connectivity index (χ4n) is 1.93. The maximum absolute atomic E-state index is 13.8. The van der Waals surface area contributed by atoms with Crippen molar-refractivity contribution in [2.75, 3.05) is 23.4 Å². The Bertz CT molecular complexity index is 887. The number of carbonyl (C=O) groups excluding carboxylic acids is 1. The number of sulfonamides is 1. The minimum Gasteiger partial charge on any atom is -0.494 e.